The van der Waals surface area contributed by atoms with Crippen LogP contribution in [-0.2, 0) is 19.6 Å². The number of carbonyl (C=O) groups is 1. The molecular formula is C25H28N4O5S. The molecule has 2 aromatic carbocycles. The van der Waals surface area contributed by atoms with E-state index >= 15 is 0 Å². The average molecular weight is 497 g/mol. The van der Waals surface area contributed by atoms with E-state index in [1.54, 1.807) is 18.2 Å². The summed E-state index contributed by atoms with van der Waals surface area (Å²) in [5.74, 6) is -0.0922. The third kappa shape index (κ3) is 5.24. The number of amides is 1. The first kappa shape index (κ1) is 23.5. The lowest BCUT2D eigenvalue weighted by Crippen LogP contribution is -2.37. The molecule has 1 amide bonds. The number of para-hydroxylation sites is 2. The van der Waals surface area contributed by atoms with Gasteiger partial charge in [0.25, 0.3) is 0 Å². The van der Waals surface area contributed by atoms with Crippen molar-refractivity contribution in [3.63, 3.8) is 0 Å². The number of aromatic nitrogens is 1. The van der Waals surface area contributed by atoms with Gasteiger partial charge in [0.15, 0.2) is 5.58 Å². The SMILES string of the molecule is O=C(C=Cc1nc2ccccc2o1)Nc1cc(S(=O)(=O)N2CCCCC2)ccc1N1CCOCC1. The van der Waals surface area contributed by atoms with Gasteiger partial charge in [-0.3, -0.25) is 4.79 Å². The van der Waals surface area contributed by atoms with Crippen molar-refractivity contribution in [3.05, 3.63) is 54.4 Å². The molecule has 2 saturated heterocycles. The molecule has 10 heteroatoms. The van der Waals surface area contributed by atoms with E-state index in [9.17, 15) is 13.2 Å². The summed E-state index contributed by atoms with van der Waals surface area (Å²) in [7, 11) is -3.64. The van der Waals surface area contributed by atoms with Gasteiger partial charge in [-0.1, -0.05) is 18.6 Å². The number of hydrogen-bond acceptors (Lipinski definition) is 7. The van der Waals surface area contributed by atoms with Crippen molar-refractivity contribution < 1.29 is 22.4 Å². The van der Waals surface area contributed by atoms with Gasteiger partial charge in [0.05, 0.1) is 29.5 Å². The highest BCUT2D eigenvalue weighted by molar-refractivity contribution is 7.89. The van der Waals surface area contributed by atoms with Gasteiger partial charge >= 0.3 is 0 Å². The number of oxazole rings is 1. The van der Waals surface area contributed by atoms with Gasteiger partial charge in [0.2, 0.25) is 21.8 Å². The minimum absolute atomic E-state index is 0.176. The molecule has 2 aliphatic heterocycles. The standard InChI is InChI=1S/C25H28N4O5S/c30-24(10-11-25-27-20-6-2-3-7-23(20)34-25)26-21-18-19(35(31,32)29-12-4-1-5-13-29)8-9-22(21)28-14-16-33-17-15-28/h2-3,6-11,18H,1,4-5,12-17H2,(H,26,30). The predicted molar refractivity (Wildman–Crippen MR) is 134 cm³/mol. The van der Waals surface area contributed by atoms with Crippen LogP contribution in [0.15, 0.2) is 57.9 Å². The first-order valence-electron chi connectivity index (χ1n) is 11.8. The Morgan fingerprint density at radius 2 is 1.77 bits per heavy atom. The van der Waals surface area contributed by atoms with E-state index < -0.39 is 15.9 Å². The molecule has 0 spiro atoms. The van der Waals surface area contributed by atoms with Crippen molar-refractivity contribution in [2.24, 2.45) is 0 Å². The zero-order chi connectivity index (χ0) is 24.3. The minimum atomic E-state index is -3.64. The van der Waals surface area contributed by atoms with Gasteiger partial charge in [0.1, 0.15) is 5.52 Å². The lowest BCUT2D eigenvalue weighted by Gasteiger charge is -2.31. The molecule has 5 rings (SSSR count). The summed E-state index contributed by atoms with van der Waals surface area (Å²) in [4.78, 5) is 19.4. The fourth-order valence-corrected chi connectivity index (χ4v) is 5.94. The van der Waals surface area contributed by atoms with Crippen LogP contribution < -0.4 is 10.2 Å². The Kier molecular flexibility index (Phi) is 6.85. The van der Waals surface area contributed by atoms with Crippen LogP contribution >= 0.6 is 0 Å². The molecule has 0 bridgehead atoms. The Balaban J connectivity index is 1.41. The molecule has 2 aliphatic rings. The Labute approximate surface area is 204 Å². The topological polar surface area (TPSA) is 105 Å². The molecule has 3 aromatic rings. The number of anilines is 2. The number of hydrogen-bond donors (Lipinski definition) is 1. The quantitative estimate of drug-likeness (QED) is 0.521. The molecule has 184 valence electrons. The molecule has 2 fully saturated rings. The van der Waals surface area contributed by atoms with Crippen molar-refractivity contribution in [3.8, 4) is 0 Å². The fraction of sp³-hybridized carbons (Fsp3) is 0.360. The first-order valence-corrected chi connectivity index (χ1v) is 13.3. The van der Waals surface area contributed by atoms with E-state index in [1.807, 2.05) is 24.3 Å². The molecule has 3 heterocycles. The van der Waals surface area contributed by atoms with E-state index in [1.165, 1.54) is 16.5 Å². The van der Waals surface area contributed by atoms with E-state index in [0.717, 1.165) is 24.9 Å². The normalized spacial score (nSPS) is 17.8. The zero-order valence-corrected chi connectivity index (χ0v) is 20.2. The van der Waals surface area contributed by atoms with Gasteiger partial charge < -0.3 is 19.4 Å². The number of fused-ring (bicyclic) bond motifs is 1. The smallest absolute Gasteiger partial charge is 0.248 e. The van der Waals surface area contributed by atoms with E-state index in [-0.39, 0.29) is 4.90 Å². The van der Waals surface area contributed by atoms with Crippen molar-refractivity contribution in [1.29, 1.82) is 0 Å². The van der Waals surface area contributed by atoms with Crippen molar-refractivity contribution in [2.75, 3.05) is 49.6 Å². The number of morpholine rings is 1. The monoisotopic (exact) mass is 496 g/mol. The molecule has 0 atom stereocenters. The highest BCUT2D eigenvalue weighted by Crippen LogP contribution is 2.31. The third-order valence-corrected chi connectivity index (χ3v) is 8.11. The van der Waals surface area contributed by atoms with Crippen LogP contribution in [-0.4, -0.2) is 63.0 Å². The first-order chi connectivity index (χ1) is 17.0. The van der Waals surface area contributed by atoms with Crippen LogP contribution in [0.25, 0.3) is 17.2 Å². The Bertz CT molecular complexity index is 1310. The van der Waals surface area contributed by atoms with E-state index in [0.29, 0.717) is 62.1 Å². The van der Waals surface area contributed by atoms with Crippen LogP contribution in [0.3, 0.4) is 0 Å². The van der Waals surface area contributed by atoms with Gasteiger partial charge in [-0.05, 0) is 43.2 Å². The van der Waals surface area contributed by atoms with Crippen LogP contribution in [0, 0.1) is 0 Å². The minimum Gasteiger partial charge on any atom is -0.437 e. The number of piperidine rings is 1. The van der Waals surface area contributed by atoms with Gasteiger partial charge in [0, 0.05) is 38.3 Å². The number of carbonyl (C=O) groups excluding carboxylic acids is 1. The van der Waals surface area contributed by atoms with Gasteiger partial charge in [-0.25, -0.2) is 13.4 Å². The number of rotatable bonds is 6. The Hall–Kier alpha value is -3.21. The van der Waals surface area contributed by atoms with Crippen LogP contribution in [0.4, 0.5) is 11.4 Å². The van der Waals surface area contributed by atoms with Gasteiger partial charge in [-0.15, -0.1) is 0 Å². The zero-order valence-electron chi connectivity index (χ0n) is 19.4. The number of benzene rings is 2. The number of ether oxygens (including phenoxy) is 1. The van der Waals surface area contributed by atoms with Crippen LogP contribution in [0.2, 0.25) is 0 Å². The lowest BCUT2D eigenvalue weighted by molar-refractivity contribution is -0.111. The maximum atomic E-state index is 13.3. The second-order valence-electron chi connectivity index (χ2n) is 8.59. The van der Waals surface area contributed by atoms with Crippen molar-refractivity contribution in [1.82, 2.24) is 9.29 Å². The summed E-state index contributed by atoms with van der Waals surface area (Å²) in [6.45, 7) is 3.47. The second-order valence-corrected chi connectivity index (χ2v) is 10.5. The molecular weight excluding hydrogens is 468 g/mol. The molecule has 1 aromatic heterocycles. The molecule has 0 aliphatic carbocycles. The van der Waals surface area contributed by atoms with Crippen LogP contribution in [0.1, 0.15) is 25.2 Å². The molecule has 9 nitrogen and oxygen atoms in total. The molecule has 0 unspecified atom stereocenters. The molecule has 35 heavy (non-hydrogen) atoms. The Morgan fingerprint density at radius 1 is 1.00 bits per heavy atom. The number of nitrogens with one attached hydrogen (secondary N) is 1. The van der Waals surface area contributed by atoms with Crippen molar-refractivity contribution in [2.45, 2.75) is 24.2 Å². The summed E-state index contributed by atoms with van der Waals surface area (Å²) in [6.07, 6.45) is 5.58. The fourth-order valence-electron chi connectivity index (χ4n) is 4.39. The maximum Gasteiger partial charge on any atom is 0.248 e. The summed E-state index contributed by atoms with van der Waals surface area (Å²) in [5, 5.41) is 2.87. The molecule has 0 radical (unpaired) electrons. The lowest BCUT2D eigenvalue weighted by atomic mass is 10.2. The molecule has 1 N–H and O–H groups in total. The number of nitrogens with zero attached hydrogens (tertiary/aromatic N) is 3. The summed E-state index contributed by atoms with van der Waals surface area (Å²) in [6, 6.07) is 12.3. The third-order valence-electron chi connectivity index (χ3n) is 6.22. The highest BCUT2D eigenvalue weighted by atomic mass is 32.2. The largest absolute Gasteiger partial charge is 0.437 e. The molecule has 0 saturated carbocycles. The average Bonchev–Trinajstić information content (AvgIpc) is 3.32. The highest BCUT2D eigenvalue weighted by Gasteiger charge is 2.27. The maximum absolute atomic E-state index is 13.3. The second kappa shape index (κ2) is 10.2. The summed E-state index contributed by atoms with van der Waals surface area (Å²) < 4.78 is 39.1. The van der Waals surface area contributed by atoms with E-state index in [4.69, 9.17) is 9.15 Å². The van der Waals surface area contributed by atoms with Crippen molar-refractivity contribution >= 4 is 44.5 Å². The Morgan fingerprint density at radius 3 is 2.54 bits per heavy atom. The number of sulfonamides is 1. The summed E-state index contributed by atoms with van der Waals surface area (Å²) >= 11 is 0. The van der Waals surface area contributed by atoms with Crippen LogP contribution in [0.5, 0.6) is 0 Å². The van der Waals surface area contributed by atoms with Gasteiger partial charge in [-0.2, -0.15) is 4.31 Å². The summed E-state index contributed by atoms with van der Waals surface area (Å²) in [5.41, 5.74) is 2.54. The van der Waals surface area contributed by atoms with E-state index in [2.05, 4.69) is 15.2 Å². The predicted octanol–water partition coefficient (Wildman–Crippen LogP) is 3.49.